The summed E-state index contributed by atoms with van der Waals surface area (Å²) in [7, 11) is 0. The van der Waals surface area contributed by atoms with Crippen molar-refractivity contribution in [2.75, 3.05) is 0 Å². The van der Waals surface area contributed by atoms with E-state index in [2.05, 4.69) is 27.4 Å². The number of allylic oxidation sites excluding steroid dienone is 2. The average Bonchev–Trinajstić information content (AvgIpc) is 3.21. The minimum atomic E-state index is -0.765. The highest BCUT2D eigenvalue weighted by Gasteiger charge is 2.83. The van der Waals surface area contributed by atoms with E-state index in [9.17, 15) is 19.5 Å². The molecule has 1 spiro atoms. The maximum absolute atomic E-state index is 12.6. The van der Waals surface area contributed by atoms with E-state index in [0.717, 1.165) is 44.1 Å². The summed E-state index contributed by atoms with van der Waals surface area (Å²) in [5.74, 6) is 0.386. The second-order valence-electron chi connectivity index (χ2n) is 13.5. The molecule has 5 heteroatoms. The number of ether oxygens (including phenoxy) is 1. The lowest BCUT2D eigenvalue weighted by Crippen LogP contribution is -2.56. The molecule has 192 valence electrons. The van der Waals surface area contributed by atoms with E-state index in [0.29, 0.717) is 36.2 Å². The van der Waals surface area contributed by atoms with Crippen LogP contribution in [-0.2, 0) is 19.1 Å². The molecule has 5 rings (SSSR count). The molecule has 1 aliphatic heterocycles. The third kappa shape index (κ3) is 3.21. The molecule has 35 heavy (non-hydrogen) atoms. The molecule has 0 amide bonds. The lowest BCUT2D eigenvalue weighted by Gasteiger charge is -2.61. The molecule has 0 aromatic carbocycles. The summed E-state index contributed by atoms with van der Waals surface area (Å²) in [6.07, 6.45) is 9.29. The molecule has 4 saturated carbocycles. The molecule has 5 fully saturated rings. The molecule has 0 unspecified atom stereocenters. The first kappa shape index (κ1) is 24.8. The highest BCUT2D eigenvalue weighted by atomic mass is 16.6. The van der Waals surface area contributed by atoms with Gasteiger partial charge in [0, 0.05) is 24.3 Å². The second-order valence-corrected chi connectivity index (χ2v) is 13.5. The highest BCUT2D eigenvalue weighted by molar-refractivity contribution is 5.91. The Hall–Kier alpha value is -1.91. The van der Waals surface area contributed by atoms with Crippen molar-refractivity contribution < 1.29 is 24.2 Å². The Morgan fingerprint density at radius 3 is 2.57 bits per heavy atom. The van der Waals surface area contributed by atoms with Gasteiger partial charge in [0.1, 0.15) is 6.10 Å². The van der Waals surface area contributed by atoms with Crippen LogP contribution < -0.4 is 0 Å². The van der Waals surface area contributed by atoms with Crippen molar-refractivity contribution in [2.24, 2.45) is 45.3 Å². The predicted octanol–water partition coefficient (Wildman–Crippen LogP) is 6.12. The van der Waals surface area contributed by atoms with Crippen LogP contribution in [0.1, 0.15) is 92.4 Å². The van der Waals surface area contributed by atoms with Crippen LogP contribution in [0.2, 0.25) is 0 Å². The number of hydrogen-bond donors (Lipinski definition) is 1. The monoisotopic (exact) mass is 482 g/mol. The number of ketones is 1. The summed E-state index contributed by atoms with van der Waals surface area (Å²) in [5, 5.41) is 9.54. The SMILES string of the molecule is C=C1C(=O)O[C@@H]2C[C@@H]3[C@]4(CC[C@]5(C)[C@@H]([C@H](C)CC(=O)C=C(C)C)CC[C@@]35C)C[C@]4(CCC(=O)O)[C@H]12. The number of hydrogen-bond acceptors (Lipinski definition) is 4. The first-order valence-corrected chi connectivity index (χ1v) is 13.6. The lowest BCUT2D eigenvalue weighted by molar-refractivity contribution is -0.158. The zero-order valence-corrected chi connectivity index (χ0v) is 22.1. The van der Waals surface area contributed by atoms with Crippen LogP contribution in [0, 0.1) is 45.3 Å². The second kappa shape index (κ2) is 7.79. The van der Waals surface area contributed by atoms with Crippen LogP contribution >= 0.6 is 0 Å². The van der Waals surface area contributed by atoms with Crippen molar-refractivity contribution in [3.05, 3.63) is 23.8 Å². The Morgan fingerprint density at radius 1 is 1.20 bits per heavy atom. The molecule has 0 aromatic rings. The zero-order chi connectivity index (χ0) is 25.6. The summed E-state index contributed by atoms with van der Waals surface area (Å²) in [6, 6.07) is 0. The standard InChI is InChI=1S/C30H42O5/c1-17(2)13-20(31)14-18(3)21-7-9-28(6)23-15-22-25(19(4)26(34)35-22)30(10-8-24(32)33)16-29(23,30)12-11-27(21,28)5/h13,18,21-23,25H,4,7-12,14-16H2,1-3,5-6H3,(H,32,33)/t18-,21-,22-,23+,25-,27-,28+,29+,30-/m1/s1. The van der Waals surface area contributed by atoms with E-state index in [1.807, 2.05) is 13.8 Å². The van der Waals surface area contributed by atoms with E-state index >= 15 is 0 Å². The molecule has 0 radical (unpaired) electrons. The third-order valence-electron chi connectivity index (χ3n) is 11.9. The number of esters is 1. The van der Waals surface area contributed by atoms with Crippen LogP contribution in [0.25, 0.3) is 0 Å². The average molecular weight is 483 g/mol. The van der Waals surface area contributed by atoms with Gasteiger partial charge >= 0.3 is 11.9 Å². The van der Waals surface area contributed by atoms with Crippen molar-refractivity contribution in [1.29, 1.82) is 0 Å². The van der Waals surface area contributed by atoms with Crippen molar-refractivity contribution in [3.63, 3.8) is 0 Å². The van der Waals surface area contributed by atoms with Gasteiger partial charge in [0.05, 0.1) is 0 Å². The summed E-state index contributed by atoms with van der Waals surface area (Å²) in [6.45, 7) is 15.3. The molecule has 5 aliphatic rings. The van der Waals surface area contributed by atoms with Gasteiger partial charge in [-0.1, -0.05) is 32.9 Å². The van der Waals surface area contributed by atoms with Crippen LogP contribution in [0.15, 0.2) is 23.8 Å². The third-order valence-corrected chi connectivity index (χ3v) is 11.9. The lowest BCUT2D eigenvalue weighted by atomic mass is 9.43. The molecule has 1 N–H and O–H groups in total. The van der Waals surface area contributed by atoms with Crippen LogP contribution in [0.3, 0.4) is 0 Å². The van der Waals surface area contributed by atoms with Gasteiger partial charge in [0.2, 0.25) is 0 Å². The molecule has 0 bridgehead atoms. The van der Waals surface area contributed by atoms with E-state index in [4.69, 9.17) is 4.74 Å². The van der Waals surface area contributed by atoms with Gasteiger partial charge in [0.15, 0.2) is 5.78 Å². The Labute approximate surface area is 209 Å². The van der Waals surface area contributed by atoms with E-state index in [-0.39, 0.29) is 51.9 Å². The number of carboxylic acids is 1. The summed E-state index contributed by atoms with van der Waals surface area (Å²) in [5.41, 5.74) is 1.77. The summed E-state index contributed by atoms with van der Waals surface area (Å²) >= 11 is 0. The van der Waals surface area contributed by atoms with Crippen molar-refractivity contribution in [2.45, 2.75) is 98.5 Å². The summed E-state index contributed by atoms with van der Waals surface area (Å²) < 4.78 is 5.91. The molecular weight excluding hydrogens is 440 g/mol. The number of fused-ring (bicyclic) bond motifs is 4. The smallest absolute Gasteiger partial charge is 0.334 e. The number of carbonyl (C=O) groups excluding carboxylic acids is 2. The fourth-order valence-corrected chi connectivity index (χ4v) is 10.3. The molecule has 1 heterocycles. The minimum absolute atomic E-state index is 0.0311. The zero-order valence-electron chi connectivity index (χ0n) is 22.1. The maximum atomic E-state index is 12.6. The van der Waals surface area contributed by atoms with Gasteiger partial charge in [-0.3, -0.25) is 9.59 Å². The molecular formula is C30H42O5. The highest BCUT2D eigenvalue weighted by Crippen LogP contribution is 2.88. The van der Waals surface area contributed by atoms with Crippen LogP contribution in [-0.4, -0.2) is 28.9 Å². The quantitative estimate of drug-likeness (QED) is 0.349. The molecule has 4 aliphatic carbocycles. The number of carbonyl (C=O) groups is 3. The number of carboxylic acid groups (broad SMARTS) is 1. The van der Waals surface area contributed by atoms with Gasteiger partial charge in [0.25, 0.3) is 0 Å². The Bertz CT molecular complexity index is 1020. The predicted molar refractivity (Wildman–Crippen MR) is 133 cm³/mol. The molecule has 9 atom stereocenters. The largest absolute Gasteiger partial charge is 0.481 e. The number of rotatable bonds is 7. The van der Waals surface area contributed by atoms with Gasteiger partial charge in [-0.25, -0.2) is 4.79 Å². The minimum Gasteiger partial charge on any atom is -0.481 e. The Morgan fingerprint density at radius 2 is 1.91 bits per heavy atom. The fourth-order valence-electron chi connectivity index (χ4n) is 10.3. The normalized spacial score (nSPS) is 46.0. The van der Waals surface area contributed by atoms with Gasteiger partial charge in [-0.2, -0.15) is 0 Å². The Balaban J connectivity index is 1.47. The topological polar surface area (TPSA) is 80.7 Å². The molecule has 5 nitrogen and oxygen atoms in total. The fraction of sp³-hybridized carbons (Fsp3) is 0.767. The molecule has 1 saturated heterocycles. The number of aliphatic carboxylic acids is 1. The first-order chi connectivity index (χ1) is 16.3. The molecule has 0 aromatic heterocycles. The van der Waals surface area contributed by atoms with E-state index in [1.165, 1.54) is 0 Å². The first-order valence-electron chi connectivity index (χ1n) is 13.6. The van der Waals surface area contributed by atoms with E-state index in [1.54, 1.807) is 6.08 Å². The van der Waals surface area contributed by atoms with Crippen molar-refractivity contribution in [1.82, 2.24) is 0 Å². The van der Waals surface area contributed by atoms with Crippen LogP contribution in [0.4, 0.5) is 0 Å². The van der Waals surface area contributed by atoms with Crippen molar-refractivity contribution in [3.8, 4) is 0 Å². The summed E-state index contributed by atoms with van der Waals surface area (Å²) in [4.78, 5) is 36.8. The maximum Gasteiger partial charge on any atom is 0.334 e. The van der Waals surface area contributed by atoms with E-state index < -0.39 is 5.97 Å². The van der Waals surface area contributed by atoms with Crippen molar-refractivity contribution >= 4 is 17.7 Å². The van der Waals surface area contributed by atoms with Gasteiger partial charge in [-0.15, -0.1) is 0 Å². The Kier molecular flexibility index (Phi) is 5.51. The van der Waals surface area contributed by atoms with Gasteiger partial charge < -0.3 is 9.84 Å². The van der Waals surface area contributed by atoms with Gasteiger partial charge in [-0.05, 0) is 104 Å². The van der Waals surface area contributed by atoms with Crippen LogP contribution in [0.5, 0.6) is 0 Å².